The number of nitrogens with one attached hydrogen (secondary N) is 1. The fourth-order valence-electron chi connectivity index (χ4n) is 1.29. The lowest BCUT2D eigenvalue weighted by molar-refractivity contribution is 0.710. The molecule has 0 aliphatic rings. The van der Waals surface area contributed by atoms with Gasteiger partial charge in [-0.05, 0) is 42.7 Å². The summed E-state index contributed by atoms with van der Waals surface area (Å²) in [6.07, 6.45) is 3.22. The molecule has 3 N–H and O–H groups in total. The smallest absolute Gasteiger partial charge is 0.0391 e. The monoisotopic (exact) mass is 288 g/mol. The first-order valence-electron chi connectivity index (χ1n) is 4.97. The van der Waals surface area contributed by atoms with Crippen molar-refractivity contribution in [1.82, 2.24) is 0 Å². The highest BCUT2D eigenvalue weighted by molar-refractivity contribution is 9.10. The molecule has 0 heterocycles. The molecule has 0 spiro atoms. The average Bonchev–Trinajstić information content (AvgIpc) is 2.27. The highest BCUT2D eigenvalue weighted by Gasteiger charge is 2.05. The summed E-state index contributed by atoms with van der Waals surface area (Å²) in [6, 6.07) is 8.56. The second kappa shape index (κ2) is 7.14. The van der Waals surface area contributed by atoms with Gasteiger partial charge in [0.05, 0.1) is 0 Å². The van der Waals surface area contributed by atoms with Gasteiger partial charge in [-0.1, -0.05) is 15.9 Å². The van der Waals surface area contributed by atoms with E-state index in [1.54, 1.807) is 0 Å². The third-order valence-electron chi connectivity index (χ3n) is 2.17. The van der Waals surface area contributed by atoms with Gasteiger partial charge in [0, 0.05) is 22.7 Å². The minimum atomic E-state index is 0.374. The molecular weight excluding hydrogens is 272 g/mol. The molecule has 4 heteroatoms. The maximum Gasteiger partial charge on any atom is 0.0391 e. The van der Waals surface area contributed by atoms with E-state index in [2.05, 4.69) is 39.6 Å². The van der Waals surface area contributed by atoms with Crippen LogP contribution in [0.3, 0.4) is 0 Å². The van der Waals surface area contributed by atoms with Gasteiger partial charge in [-0.25, -0.2) is 0 Å². The van der Waals surface area contributed by atoms with Crippen LogP contribution in [-0.4, -0.2) is 24.6 Å². The Morgan fingerprint density at radius 1 is 1.40 bits per heavy atom. The van der Waals surface area contributed by atoms with Crippen LogP contribution < -0.4 is 11.1 Å². The van der Waals surface area contributed by atoms with Crippen molar-refractivity contribution in [3.05, 3.63) is 28.7 Å². The summed E-state index contributed by atoms with van der Waals surface area (Å²) >= 11 is 5.27. The molecule has 15 heavy (non-hydrogen) atoms. The van der Waals surface area contributed by atoms with Gasteiger partial charge in [-0.15, -0.1) is 0 Å². The van der Waals surface area contributed by atoms with Gasteiger partial charge in [0.2, 0.25) is 0 Å². The zero-order chi connectivity index (χ0) is 11.1. The molecule has 0 aromatic heterocycles. The molecule has 84 valence electrons. The lowest BCUT2D eigenvalue weighted by atomic mass is 10.2. The molecule has 1 atom stereocenters. The molecular formula is C11H17BrN2S. The van der Waals surface area contributed by atoms with Crippen molar-refractivity contribution in [3.63, 3.8) is 0 Å². The number of halogens is 1. The van der Waals surface area contributed by atoms with E-state index in [0.717, 1.165) is 22.3 Å². The van der Waals surface area contributed by atoms with Crippen molar-refractivity contribution in [2.24, 2.45) is 5.73 Å². The van der Waals surface area contributed by atoms with Gasteiger partial charge < -0.3 is 11.1 Å². The number of hydrogen-bond donors (Lipinski definition) is 2. The number of thioether (sulfide) groups is 1. The van der Waals surface area contributed by atoms with Gasteiger partial charge in [0.25, 0.3) is 0 Å². The normalized spacial score (nSPS) is 12.5. The van der Waals surface area contributed by atoms with E-state index in [0.29, 0.717) is 12.6 Å². The number of nitrogens with two attached hydrogens (primary N) is 1. The predicted molar refractivity (Wildman–Crippen MR) is 73.6 cm³/mol. The zero-order valence-corrected chi connectivity index (χ0v) is 11.3. The van der Waals surface area contributed by atoms with Crippen LogP contribution in [0.25, 0.3) is 0 Å². The Kier molecular flexibility index (Phi) is 6.13. The number of benzene rings is 1. The summed E-state index contributed by atoms with van der Waals surface area (Å²) < 4.78 is 1.10. The molecule has 0 fully saturated rings. The van der Waals surface area contributed by atoms with Crippen LogP contribution in [0.2, 0.25) is 0 Å². The maximum absolute atomic E-state index is 5.71. The topological polar surface area (TPSA) is 38.0 Å². The molecule has 0 aliphatic carbocycles. The van der Waals surface area contributed by atoms with Crippen molar-refractivity contribution in [3.8, 4) is 0 Å². The van der Waals surface area contributed by atoms with Gasteiger partial charge in [-0.3, -0.25) is 0 Å². The van der Waals surface area contributed by atoms with E-state index in [1.807, 2.05) is 23.9 Å². The Labute approximate surface area is 104 Å². The maximum atomic E-state index is 5.71. The van der Waals surface area contributed by atoms with E-state index in [-0.39, 0.29) is 0 Å². The first kappa shape index (κ1) is 12.9. The van der Waals surface area contributed by atoms with E-state index in [1.165, 1.54) is 0 Å². The fraction of sp³-hybridized carbons (Fsp3) is 0.455. The molecule has 1 aromatic rings. The van der Waals surface area contributed by atoms with E-state index in [4.69, 9.17) is 5.73 Å². The van der Waals surface area contributed by atoms with E-state index in [9.17, 15) is 0 Å². The molecule has 1 unspecified atom stereocenters. The molecule has 0 bridgehead atoms. The third-order valence-corrected chi connectivity index (χ3v) is 3.34. The first-order chi connectivity index (χ1) is 7.26. The Morgan fingerprint density at radius 2 is 2.07 bits per heavy atom. The van der Waals surface area contributed by atoms with Crippen molar-refractivity contribution in [1.29, 1.82) is 0 Å². The average molecular weight is 289 g/mol. The summed E-state index contributed by atoms with van der Waals surface area (Å²) in [6.45, 7) is 0.677. The number of hydrogen-bond acceptors (Lipinski definition) is 3. The zero-order valence-electron chi connectivity index (χ0n) is 8.87. The molecule has 1 rings (SSSR count). The Balaban J connectivity index is 2.47. The molecule has 2 nitrogen and oxygen atoms in total. The second-order valence-electron chi connectivity index (χ2n) is 3.37. The van der Waals surface area contributed by atoms with Crippen LogP contribution in [0, 0.1) is 0 Å². The summed E-state index contributed by atoms with van der Waals surface area (Å²) in [5.74, 6) is 1.14. The summed E-state index contributed by atoms with van der Waals surface area (Å²) in [5, 5.41) is 3.43. The second-order valence-corrected chi connectivity index (χ2v) is 5.27. The molecule has 0 amide bonds. The highest BCUT2D eigenvalue weighted by atomic mass is 79.9. The van der Waals surface area contributed by atoms with Crippen LogP contribution in [0.1, 0.15) is 6.42 Å². The van der Waals surface area contributed by atoms with Crippen molar-refractivity contribution >= 4 is 33.4 Å². The Morgan fingerprint density at radius 3 is 2.60 bits per heavy atom. The molecule has 0 saturated heterocycles. The minimum absolute atomic E-state index is 0.374. The van der Waals surface area contributed by atoms with Crippen molar-refractivity contribution < 1.29 is 0 Å². The molecule has 0 aliphatic heterocycles. The highest BCUT2D eigenvalue weighted by Crippen LogP contribution is 2.15. The minimum Gasteiger partial charge on any atom is -0.381 e. The lowest BCUT2D eigenvalue weighted by Crippen LogP contribution is -2.29. The fourth-order valence-corrected chi connectivity index (χ4v) is 2.08. The predicted octanol–water partition coefficient (Wildman–Crippen LogP) is 2.94. The van der Waals surface area contributed by atoms with Gasteiger partial charge in [0.15, 0.2) is 0 Å². The van der Waals surface area contributed by atoms with Crippen LogP contribution in [0.15, 0.2) is 28.7 Å². The van der Waals surface area contributed by atoms with E-state index >= 15 is 0 Å². The van der Waals surface area contributed by atoms with Gasteiger partial charge >= 0.3 is 0 Å². The van der Waals surface area contributed by atoms with Gasteiger partial charge in [-0.2, -0.15) is 11.8 Å². The van der Waals surface area contributed by atoms with Crippen LogP contribution in [-0.2, 0) is 0 Å². The quantitative estimate of drug-likeness (QED) is 0.845. The standard InChI is InChI=1S/C11H17BrN2S/c1-15-7-6-11(8-13)14-10-4-2-9(12)3-5-10/h2-5,11,14H,6-8,13H2,1H3. The summed E-state index contributed by atoms with van der Waals surface area (Å²) in [7, 11) is 0. The third kappa shape index (κ3) is 4.91. The van der Waals surface area contributed by atoms with Crippen molar-refractivity contribution in [2.75, 3.05) is 23.9 Å². The Bertz CT molecular complexity index is 276. The first-order valence-corrected chi connectivity index (χ1v) is 7.16. The van der Waals surface area contributed by atoms with Crippen molar-refractivity contribution in [2.45, 2.75) is 12.5 Å². The SMILES string of the molecule is CSCCC(CN)Nc1ccc(Br)cc1. The molecule has 0 radical (unpaired) electrons. The van der Waals surface area contributed by atoms with Gasteiger partial charge in [0.1, 0.15) is 0 Å². The largest absolute Gasteiger partial charge is 0.381 e. The van der Waals surface area contributed by atoms with Crippen LogP contribution >= 0.6 is 27.7 Å². The summed E-state index contributed by atoms with van der Waals surface area (Å²) in [5.41, 5.74) is 6.84. The molecule has 0 saturated carbocycles. The number of rotatable bonds is 6. The number of anilines is 1. The molecule has 1 aromatic carbocycles. The summed E-state index contributed by atoms with van der Waals surface area (Å²) in [4.78, 5) is 0. The van der Waals surface area contributed by atoms with Crippen LogP contribution in [0.4, 0.5) is 5.69 Å². The lowest BCUT2D eigenvalue weighted by Gasteiger charge is -2.17. The van der Waals surface area contributed by atoms with Crippen LogP contribution in [0.5, 0.6) is 0 Å². The Hall–Kier alpha value is -0.190. The van der Waals surface area contributed by atoms with E-state index < -0.39 is 0 Å².